The number of hydrogen-bond donors (Lipinski definition) is 1. The largest absolute Gasteiger partial charge is 0.356 e. The molecule has 3 heterocycles. The number of piperazine rings is 1. The summed E-state index contributed by atoms with van der Waals surface area (Å²) in [5, 5.41) is 2.02. The first-order valence-corrected chi connectivity index (χ1v) is 8.68. The number of amides is 1. The van der Waals surface area contributed by atoms with E-state index in [0.717, 1.165) is 45.1 Å². The van der Waals surface area contributed by atoms with Crippen LogP contribution in [0.3, 0.4) is 0 Å². The Kier molecular flexibility index (Phi) is 5.46. The number of hydrogen-bond acceptors (Lipinski definition) is 5. The summed E-state index contributed by atoms with van der Waals surface area (Å²) in [6.45, 7) is 5.67. The second-order valence-corrected chi connectivity index (χ2v) is 6.51. The van der Waals surface area contributed by atoms with Crippen LogP contribution >= 0.6 is 0 Å². The average Bonchev–Trinajstić information content (AvgIpc) is 2.86. The van der Waals surface area contributed by atoms with E-state index in [-0.39, 0.29) is 5.91 Å². The van der Waals surface area contributed by atoms with Crippen LogP contribution in [-0.4, -0.2) is 67.1 Å². The number of carbonyl (C=O) groups excluding carboxylic acids is 1. The minimum Gasteiger partial charge on any atom is -0.356 e. The van der Waals surface area contributed by atoms with E-state index in [1.54, 1.807) is 6.20 Å². The van der Waals surface area contributed by atoms with Crippen LogP contribution in [-0.2, 0) is 0 Å². The summed E-state index contributed by atoms with van der Waals surface area (Å²) in [7, 11) is 2.11. The first-order valence-electron chi connectivity index (χ1n) is 8.68. The molecule has 2 aliphatic rings. The van der Waals surface area contributed by atoms with Crippen molar-refractivity contribution in [2.24, 2.45) is 0 Å². The summed E-state index contributed by atoms with van der Waals surface area (Å²) in [5.41, 5.74) is 3.74. The van der Waals surface area contributed by atoms with Gasteiger partial charge in [0.05, 0.1) is 5.56 Å². The zero-order valence-corrected chi connectivity index (χ0v) is 14.0. The van der Waals surface area contributed by atoms with Gasteiger partial charge in [-0.25, -0.2) is 9.99 Å². The lowest BCUT2D eigenvalue weighted by Crippen LogP contribution is -2.52. The molecule has 0 saturated carbocycles. The van der Waals surface area contributed by atoms with Gasteiger partial charge >= 0.3 is 0 Å². The molecule has 0 unspecified atom stereocenters. The summed E-state index contributed by atoms with van der Waals surface area (Å²) in [6.07, 6.45) is 6.68. The highest BCUT2D eigenvalue weighted by atomic mass is 16.2. The molecule has 0 atom stereocenters. The standard InChI is InChI=1S/C17H27N5O/c1-20-11-13-22(14-12-20)19-17(23)15-7-6-8-18-16(15)21-9-4-2-3-5-10-21/h6-8H,2-5,9-14H2,1H3,(H,19,23). The van der Waals surface area contributed by atoms with E-state index in [0.29, 0.717) is 5.56 Å². The van der Waals surface area contributed by atoms with Crippen LogP contribution in [0.2, 0.25) is 0 Å². The van der Waals surface area contributed by atoms with Crippen molar-refractivity contribution in [1.82, 2.24) is 20.3 Å². The minimum atomic E-state index is -0.0399. The molecule has 0 aromatic carbocycles. The van der Waals surface area contributed by atoms with Crippen molar-refractivity contribution in [2.75, 3.05) is 51.2 Å². The molecule has 126 valence electrons. The van der Waals surface area contributed by atoms with E-state index >= 15 is 0 Å². The number of carbonyl (C=O) groups is 1. The molecule has 6 nitrogen and oxygen atoms in total. The van der Waals surface area contributed by atoms with Gasteiger partial charge < -0.3 is 9.80 Å². The Hall–Kier alpha value is -1.66. The zero-order chi connectivity index (χ0) is 16.1. The summed E-state index contributed by atoms with van der Waals surface area (Å²) in [5.74, 6) is 0.794. The van der Waals surface area contributed by atoms with Gasteiger partial charge in [-0.15, -0.1) is 0 Å². The van der Waals surface area contributed by atoms with E-state index in [2.05, 4.69) is 27.3 Å². The summed E-state index contributed by atoms with van der Waals surface area (Å²) < 4.78 is 0. The molecule has 6 heteroatoms. The number of nitrogens with one attached hydrogen (secondary N) is 1. The van der Waals surface area contributed by atoms with Gasteiger partial charge in [0.15, 0.2) is 0 Å². The Morgan fingerprint density at radius 2 is 1.74 bits per heavy atom. The third-order valence-corrected chi connectivity index (χ3v) is 4.70. The monoisotopic (exact) mass is 317 g/mol. The predicted molar refractivity (Wildman–Crippen MR) is 91.5 cm³/mol. The Balaban J connectivity index is 1.70. The average molecular weight is 317 g/mol. The molecule has 3 rings (SSSR count). The van der Waals surface area contributed by atoms with Gasteiger partial charge in [-0.3, -0.25) is 10.2 Å². The van der Waals surface area contributed by atoms with E-state index in [1.807, 2.05) is 17.1 Å². The second-order valence-electron chi connectivity index (χ2n) is 6.51. The van der Waals surface area contributed by atoms with Gasteiger partial charge in [-0.2, -0.15) is 0 Å². The first-order chi connectivity index (χ1) is 11.2. The maximum Gasteiger partial charge on any atom is 0.269 e. The predicted octanol–water partition coefficient (Wildman–Crippen LogP) is 1.35. The molecule has 23 heavy (non-hydrogen) atoms. The van der Waals surface area contributed by atoms with Crippen molar-refractivity contribution in [3.63, 3.8) is 0 Å². The highest BCUT2D eigenvalue weighted by molar-refractivity contribution is 5.98. The molecule has 1 aromatic rings. The van der Waals surface area contributed by atoms with Crippen molar-refractivity contribution < 1.29 is 4.79 Å². The molecule has 0 bridgehead atoms. The molecule has 0 radical (unpaired) electrons. The number of pyridine rings is 1. The highest BCUT2D eigenvalue weighted by Gasteiger charge is 2.21. The second kappa shape index (κ2) is 7.75. The lowest BCUT2D eigenvalue weighted by molar-refractivity contribution is 0.0662. The van der Waals surface area contributed by atoms with Crippen LogP contribution in [0.1, 0.15) is 36.0 Å². The van der Waals surface area contributed by atoms with Crippen LogP contribution in [0.5, 0.6) is 0 Å². The lowest BCUT2D eigenvalue weighted by atomic mass is 10.2. The minimum absolute atomic E-state index is 0.0399. The van der Waals surface area contributed by atoms with Crippen molar-refractivity contribution in [3.8, 4) is 0 Å². The van der Waals surface area contributed by atoms with Gasteiger partial charge in [0.2, 0.25) is 0 Å². The quantitative estimate of drug-likeness (QED) is 0.912. The van der Waals surface area contributed by atoms with Gasteiger partial charge in [0.25, 0.3) is 5.91 Å². The smallest absolute Gasteiger partial charge is 0.269 e. The first kappa shape index (κ1) is 16.2. The number of nitrogens with zero attached hydrogens (tertiary/aromatic N) is 4. The fourth-order valence-electron chi connectivity index (χ4n) is 3.23. The normalized spacial score (nSPS) is 21.0. The van der Waals surface area contributed by atoms with Crippen molar-refractivity contribution in [3.05, 3.63) is 23.9 Å². The molecular formula is C17H27N5O. The van der Waals surface area contributed by atoms with Crippen molar-refractivity contribution >= 4 is 11.7 Å². The molecule has 2 fully saturated rings. The summed E-state index contributed by atoms with van der Waals surface area (Å²) in [4.78, 5) is 21.8. The maximum atomic E-state index is 12.7. The number of aromatic nitrogens is 1. The molecule has 2 saturated heterocycles. The Morgan fingerprint density at radius 3 is 2.43 bits per heavy atom. The van der Waals surface area contributed by atoms with E-state index in [9.17, 15) is 4.79 Å². The maximum absolute atomic E-state index is 12.7. The Morgan fingerprint density at radius 1 is 1.04 bits per heavy atom. The molecular weight excluding hydrogens is 290 g/mol. The molecule has 0 aliphatic carbocycles. The van der Waals surface area contributed by atoms with Crippen molar-refractivity contribution in [1.29, 1.82) is 0 Å². The molecule has 1 N–H and O–H groups in total. The van der Waals surface area contributed by atoms with Crippen LogP contribution in [0.15, 0.2) is 18.3 Å². The van der Waals surface area contributed by atoms with Gasteiger partial charge in [-0.1, -0.05) is 12.8 Å². The molecule has 2 aliphatic heterocycles. The highest BCUT2D eigenvalue weighted by Crippen LogP contribution is 2.21. The van der Waals surface area contributed by atoms with Crippen LogP contribution in [0.25, 0.3) is 0 Å². The fourth-order valence-corrected chi connectivity index (χ4v) is 3.23. The summed E-state index contributed by atoms with van der Waals surface area (Å²) >= 11 is 0. The third kappa shape index (κ3) is 4.20. The van der Waals surface area contributed by atoms with Crippen molar-refractivity contribution in [2.45, 2.75) is 25.7 Å². The number of rotatable bonds is 3. The molecule has 1 aromatic heterocycles. The van der Waals surface area contributed by atoms with E-state index < -0.39 is 0 Å². The topological polar surface area (TPSA) is 51.7 Å². The van der Waals surface area contributed by atoms with Crippen LogP contribution < -0.4 is 10.3 Å². The lowest BCUT2D eigenvalue weighted by Gasteiger charge is -2.32. The van der Waals surface area contributed by atoms with Gasteiger partial charge in [-0.05, 0) is 32.0 Å². The number of likely N-dealkylation sites (N-methyl/N-ethyl adjacent to an activating group) is 1. The Bertz CT molecular complexity index is 519. The SMILES string of the molecule is CN1CCN(NC(=O)c2cccnc2N2CCCCCC2)CC1. The third-order valence-electron chi connectivity index (χ3n) is 4.70. The summed E-state index contributed by atoms with van der Waals surface area (Å²) in [6, 6.07) is 3.73. The van der Waals surface area contributed by atoms with E-state index in [4.69, 9.17) is 0 Å². The Labute approximate surface area is 138 Å². The molecule has 1 amide bonds. The number of anilines is 1. The number of hydrazine groups is 1. The zero-order valence-electron chi connectivity index (χ0n) is 14.0. The van der Waals surface area contributed by atoms with E-state index in [1.165, 1.54) is 25.7 Å². The van der Waals surface area contributed by atoms with Crippen LogP contribution in [0, 0.1) is 0 Å². The fraction of sp³-hybridized carbons (Fsp3) is 0.647. The van der Waals surface area contributed by atoms with Crippen LogP contribution in [0.4, 0.5) is 5.82 Å². The van der Waals surface area contributed by atoms with Gasteiger partial charge in [0, 0.05) is 45.5 Å². The molecule has 0 spiro atoms. The van der Waals surface area contributed by atoms with Gasteiger partial charge in [0.1, 0.15) is 5.82 Å².